The van der Waals surface area contributed by atoms with Gasteiger partial charge in [0.25, 0.3) is 5.69 Å². The maximum absolute atomic E-state index is 12.1. The molecule has 130 valence electrons. The minimum Gasteiger partial charge on any atom is -0.359 e. The van der Waals surface area contributed by atoms with Crippen LogP contribution < -0.4 is 4.90 Å². The summed E-state index contributed by atoms with van der Waals surface area (Å²) in [5.41, 5.74) is -0.883. The molecule has 0 N–H and O–H groups in total. The van der Waals surface area contributed by atoms with Crippen LogP contribution in [0.4, 0.5) is 11.4 Å². The van der Waals surface area contributed by atoms with Crippen molar-refractivity contribution in [3.05, 3.63) is 62.0 Å². The molecule has 26 heavy (non-hydrogen) atoms. The van der Waals surface area contributed by atoms with Crippen molar-refractivity contribution < 1.29 is 19.4 Å². The molecule has 0 atom stereocenters. The molecule has 4 rings (SSSR count). The molecule has 0 unspecified atom stereocenters. The molecule has 0 saturated carbocycles. The second-order valence-electron chi connectivity index (χ2n) is 5.60. The SMILES string of the molecule is Cn1cc(-c2c([N+](=O)[O-])cc([N+](=O)[O-])c3no[n+]([O-])c23)c2ccccc21. The highest BCUT2D eigenvalue weighted by Crippen LogP contribution is 2.42. The number of aryl methyl sites for hydroxylation is 1. The fraction of sp³-hybridized carbons (Fsp3) is 0.0667. The number of nitro groups is 2. The average molecular weight is 355 g/mol. The highest BCUT2D eigenvalue weighted by Gasteiger charge is 2.35. The first-order chi connectivity index (χ1) is 12.4. The van der Waals surface area contributed by atoms with Gasteiger partial charge < -0.3 is 9.77 Å². The third kappa shape index (κ3) is 2.00. The maximum atomic E-state index is 12.1. The third-order valence-corrected chi connectivity index (χ3v) is 4.18. The first-order valence-electron chi connectivity index (χ1n) is 7.29. The molecular formula is C15H9N5O6. The van der Waals surface area contributed by atoms with E-state index in [9.17, 15) is 25.4 Å². The average Bonchev–Trinajstić information content (AvgIpc) is 3.15. The fourth-order valence-corrected chi connectivity index (χ4v) is 3.11. The first kappa shape index (κ1) is 15.5. The van der Waals surface area contributed by atoms with Crippen LogP contribution in [0.25, 0.3) is 33.1 Å². The van der Waals surface area contributed by atoms with Gasteiger partial charge >= 0.3 is 11.2 Å². The summed E-state index contributed by atoms with van der Waals surface area (Å²) in [5.74, 6) is 0. The summed E-state index contributed by atoms with van der Waals surface area (Å²) in [6.07, 6.45) is 1.62. The maximum Gasteiger partial charge on any atom is 0.333 e. The summed E-state index contributed by atoms with van der Waals surface area (Å²) >= 11 is 0. The Morgan fingerprint density at radius 2 is 1.85 bits per heavy atom. The molecule has 0 saturated heterocycles. The van der Waals surface area contributed by atoms with Gasteiger partial charge in [-0.15, -0.1) is 0 Å². The van der Waals surface area contributed by atoms with Crippen molar-refractivity contribution in [2.24, 2.45) is 7.05 Å². The molecule has 2 aromatic heterocycles. The van der Waals surface area contributed by atoms with E-state index in [0.29, 0.717) is 10.9 Å². The second-order valence-corrected chi connectivity index (χ2v) is 5.60. The Bertz CT molecular complexity index is 1220. The third-order valence-electron chi connectivity index (χ3n) is 4.18. The predicted octanol–water partition coefficient (Wildman–Crippen LogP) is 2.44. The molecule has 4 aromatic rings. The number of para-hydroxylation sites is 1. The lowest BCUT2D eigenvalue weighted by molar-refractivity contribution is -0.782. The lowest BCUT2D eigenvalue weighted by atomic mass is 10.0. The lowest BCUT2D eigenvalue weighted by Crippen LogP contribution is -2.23. The molecule has 0 spiro atoms. The minimum atomic E-state index is -0.843. The van der Waals surface area contributed by atoms with Gasteiger partial charge in [0.05, 0.1) is 21.1 Å². The molecule has 2 aromatic carbocycles. The Hall–Kier alpha value is -4.02. The molecule has 0 aliphatic carbocycles. The monoisotopic (exact) mass is 355 g/mol. The summed E-state index contributed by atoms with van der Waals surface area (Å²) in [5, 5.41) is 39.0. The van der Waals surface area contributed by atoms with Crippen molar-refractivity contribution >= 4 is 33.3 Å². The van der Waals surface area contributed by atoms with Gasteiger partial charge in [0.15, 0.2) is 0 Å². The van der Waals surface area contributed by atoms with Crippen LogP contribution >= 0.6 is 0 Å². The minimum absolute atomic E-state index is 0.0492. The Balaban J connectivity index is 2.23. The number of aromatic nitrogens is 3. The summed E-state index contributed by atoms with van der Waals surface area (Å²) < 4.78 is 6.24. The molecule has 0 amide bonds. The molecule has 0 aliphatic heterocycles. The van der Waals surface area contributed by atoms with E-state index in [1.807, 2.05) is 6.07 Å². The number of nitro benzene ring substituents is 2. The van der Waals surface area contributed by atoms with Gasteiger partial charge in [0.2, 0.25) is 5.52 Å². The van der Waals surface area contributed by atoms with Crippen LogP contribution in [0.1, 0.15) is 0 Å². The number of rotatable bonds is 3. The van der Waals surface area contributed by atoms with Crippen LogP contribution in [0.3, 0.4) is 0 Å². The normalized spacial score (nSPS) is 11.3. The number of non-ortho nitro benzene ring substituents is 1. The summed E-state index contributed by atoms with van der Waals surface area (Å²) in [6.45, 7) is 0. The van der Waals surface area contributed by atoms with Crippen molar-refractivity contribution in [2.75, 3.05) is 0 Å². The molecule has 2 heterocycles. The number of hydrogen-bond donors (Lipinski definition) is 0. The van der Waals surface area contributed by atoms with Gasteiger partial charge in [-0.2, -0.15) is 0 Å². The van der Waals surface area contributed by atoms with E-state index in [-0.39, 0.29) is 21.5 Å². The Labute approximate surface area is 143 Å². The number of nitrogens with zero attached hydrogens (tertiary/aromatic N) is 5. The van der Waals surface area contributed by atoms with Gasteiger partial charge in [-0.3, -0.25) is 24.9 Å². The van der Waals surface area contributed by atoms with E-state index in [4.69, 9.17) is 0 Å². The van der Waals surface area contributed by atoms with Gasteiger partial charge in [-0.25, -0.2) is 0 Å². The molecule has 0 radical (unpaired) electrons. The van der Waals surface area contributed by atoms with Crippen molar-refractivity contribution in [3.8, 4) is 11.1 Å². The molecule has 11 nitrogen and oxygen atoms in total. The summed E-state index contributed by atoms with van der Waals surface area (Å²) in [7, 11) is 1.75. The molecule has 0 fully saturated rings. The van der Waals surface area contributed by atoms with E-state index < -0.39 is 21.2 Å². The zero-order chi connectivity index (χ0) is 18.6. The topological polar surface area (TPSA) is 144 Å². The van der Waals surface area contributed by atoms with Crippen LogP contribution in [0.5, 0.6) is 0 Å². The molecular weight excluding hydrogens is 346 g/mol. The Kier molecular flexibility index (Phi) is 3.12. The van der Waals surface area contributed by atoms with Crippen LogP contribution in [-0.4, -0.2) is 19.6 Å². The highest BCUT2D eigenvalue weighted by molar-refractivity contribution is 6.07. The van der Waals surface area contributed by atoms with Gasteiger partial charge in [-0.05, 0) is 11.0 Å². The second kappa shape index (κ2) is 5.24. The van der Waals surface area contributed by atoms with E-state index >= 15 is 0 Å². The van der Waals surface area contributed by atoms with Crippen LogP contribution in [0.15, 0.2) is 41.2 Å². The smallest absolute Gasteiger partial charge is 0.333 e. The Morgan fingerprint density at radius 1 is 1.15 bits per heavy atom. The largest absolute Gasteiger partial charge is 0.359 e. The van der Waals surface area contributed by atoms with Crippen molar-refractivity contribution in [3.63, 3.8) is 0 Å². The van der Waals surface area contributed by atoms with Crippen molar-refractivity contribution in [2.45, 2.75) is 0 Å². The molecule has 0 bridgehead atoms. The van der Waals surface area contributed by atoms with E-state index in [0.717, 1.165) is 11.6 Å². The van der Waals surface area contributed by atoms with E-state index in [2.05, 4.69) is 9.79 Å². The molecule has 11 heteroatoms. The zero-order valence-electron chi connectivity index (χ0n) is 13.1. The Morgan fingerprint density at radius 3 is 2.54 bits per heavy atom. The number of benzene rings is 2. The van der Waals surface area contributed by atoms with Crippen molar-refractivity contribution in [1.82, 2.24) is 9.72 Å². The quantitative estimate of drug-likeness (QED) is 0.312. The van der Waals surface area contributed by atoms with Gasteiger partial charge in [-0.1, -0.05) is 18.2 Å². The summed E-state index contributed by atoms with van der Waals surface area (Å²) in [4.78, 5) is 21.2. The van der Waals surface area contributed by atoms with E-state index in [1.165, 1.54) is 0 Å². The van der Waals surface area contributed by atoms with Gasteiger partial charge in [0, 0.05) is 29.7 Å². The van der Waals surface area contributed by atoms with Crippen LogP contribution in [0, 0.1) is 25.4 Å². The van der Waals surface area contributed by atoms with Gasteiger partial charge in [0.1, 0.15) is 5.56 Å². The summed E-state index contributed by atoms with van der Waals surface area (Å²) in [6, 6.07) is 7.90. The van der Waals surface area contributed by atoms with E-state index in [1.54, 1.807) is 36.0 Å². The standard InChI is InChI=1S/C15H9N5O6/c1-17-7-9(8-4-2-3-5-10(8)17)13-11(18(21)22)6-12(19(23)24)14-15(13)20(25)26-16-14/h2-7H,1H3. The lowest BCUT2D eigenvalue weighted by Gasteiger charge is -2.02. The number of hydrogen-bond acceptors (Lipinski definition) is 7. The zero-order valence-corrected chi connectivity index (χ0v) is 13.1. The highest BCUT2D eigenvalue weighted by atomic mass is 16.8. The first-order valence-corrected chi connectivity index (χ1v) is 7.29. The van der Waals surface area contributed by atoms with Crippen LogP contribution in [0.2, 0.25) is 0 Å². The fourth-order valence-electron chi connectivity index (χ4n) is 3.11. The number of fused-ring (bicyclic) bond motifs is 2. The van der Waals surface area contributed by atoms with Crippen LogP contribution in [-0.2, 0) is 7.05 Å². The van der Waals surface area contributed by atoms with Crippen molar-refractivity contribution in [1.29, 1.82) is 0 Å². The predicted molar refractivity (Wildman–Crippen MR) is 88.2 cm³/mol. The molecule has 0 aliphatic rings.